The minimum absolute atomic E-state index is 0.0987. The van der Waals surface area contributed by atoms with E-state index < -0.39 is 10.0 Å². The molecule has 0 aliphatic heterocycles. The summed E-state index contributed by atoms with van der Waals surface area (Å²) < 4.78 is 28.4. The quantitative estimate of drug-likeness (QED) is 0.902. The molecule has 1 saturated carbocycles. The van der Waals surface area contributed by atoms with Crippen molar-refractivity contribution < 1.29 is 13.2 Å². The van der Waals surface area contributed by atoms with Crippen LogP contribution in [-0.4, -0.2) is 19.5 Å². The van der Waals surface area contributed by atoms with Crippen LogP contribution in [0.4, 0.5) is 0 Å². The molecule has 0 saturated heterocycles. The van der Waals surface area contributed by atoms with E-state index in [1.54, 1.807) is 6.07 Å². The van der Waals surface area contributed by atoms with Crippen LogP contribution in [-0.2, 0) is 10.0 Å². The summed E-state index contributed by atoms with van der Waals surface area (Å²) in [6.45, 7) is 0. The van der Waals surface area contributed by atoms with Gasteiger partial charge in [0.2, 0.25) is 5.03 Å². The smallest absolute Gasteiger partial charge is 0.259 e. The number of aromatic nitrogens is 1. The molecular formula is C8H9BrN2O3S. The number of hydrogen-bond acceptors (Lipinski definition) is 4. The van der Waals surface area contributed by atoms with Crippen LogP contribution >= 0.6 is 15.9 Å². The van der Waals surface area contributed by atoms with Gasteiger partial charge in [-0.2, -0.15) is 0 Å². The topological polar surface area (TPSA) is 82.3 Å². The molecule has 1 aliphatic rings. The predicted molar refractivity (Wildman–Crippen MR) is 57.0 cm³/mol. The van der Waals surface area contributed by atoms with Gasteiger partial charge < -0.3 is 4.74 Å². The molecule has 1 aromatic rings. The summed E-state index contributed by atoms with van der Waals surface area (Å²) in [6, 6.07) is 1.56. The molecule has 0 aromatic carbocycles. The Kier molecular flexibility index (Phi) is 2.70. The molecule has 2 rings (SSSR count). The summed E-state index contributed by atoms with van der Waals surface area (Å²) in [5, 5.41) is 4.81. The highest BCUT2D eigenvalue weighted by atomic mass is 79.9. The summed E-state index contributed by atoms with van der Waals surface area (Å²) in [5.41, 5.74) is 0. The lowest BCUT2D eigenvalue weighted by molar-refractivity contribution is 0.292. The lowest BCUT2D eigenvalue weighted by Gasteiger charge is -2.08. The van der Waals surface area contributed by atoms with Crippen molar-refractivity contribution in [1.82, 2.24) is 4.98 Å². The standard InChI is InChI=1S/C8H9BrN2O3S/c9-5-3-7(14-6-1-2-6)8(11-4-5)15(10,12)13/h3-4,6H,1-2H2,(H2,10,12,13). The molecule has 0 radical (unpaired) electrons. The number of halogens is 1. The molecule has 0 bridgehead atoms. The van der Waals surface area contributed by atoms with Gasteiger partial charge in [0.05, 0.1) is 6.10 Å². The normalized spacial score (nSPS) is 16.4. The summed E-state index contributed by atoms with van der Waals surface area (Å²) >= 11 is 3.20. The van der Waals surface area contributed by atoms with E-state index >= 15 is 0 Å². The second-order valence-electron chi connectivity index (χ2n) is 3.32. The molecule has 0 amide bonds. The van der Waals surface area contributed by atoms with E-state index in [0.29, 0.717) is 4.47 Å². The van der Waals surface area contributed by atoms with E-state index in [1.165, 1.54) is 6.20 Å². The van der Waals surface area contributed by atoms with Crippen molar-refractivity contribution in [1.29, 1.82) is 0 Å². The van der Waals surface area contributed by atoms with Crippen molar-refractivity contribution in [3.8, 4) is 5.75 Å². The van der Waals surface area contributed by atoms with Gasteiger partial charge in [-0.25, -0.2) is 18.5 Å². The molecule has 1 aromatic heterocycles. The lowest BCUT2D eigenvalue weighted by Crippen LogP contribution is -2.16. The van der Waals surface area contributed by atoms with Crippen LogP contribution in [0.2, 0.25) is 0 Å². The zero-order valence-corrected chi connectivity index (χ0v) is 10.1. The third kappa shape index (κ3) is 2.67. The molecular weight excluding hydrogens is 284 g/mol. The van der Waals surface area contributed by atoms with E-state index in [2.05, 4.69) is 20.9 Å². The minimum Gasteiger partial charge on any atom is -0.487 e. The number of nitrogens with zero attached hydrogens (tertiary/aromatic N) is 1. The van der Waals surface area contributed by atoms with Crippen LogP contribution in [0.3, 0.4) is 0 Å². The SMILES string of the molecule is NS(=O)(=O)c1ncc(Br)cc1OC1CC1. The maximum absolute atomic E-state index is 11.2. The Morgan fingerprint density at radius 2 is 2.20 bits per heavy atom. The minimum atomic E-state index is -3.83. The van der Waals surface area contributed by atoms with Crippen molar-refractivity contribution in [2.75, 3.05) is 0 Å². The molecule has 0 spiro atoms. The first-order chi connectivity index (χ1) is 6.97. The fraction of sp³-hybridized carbons (Fsp3) is 0.375. The molecule has 82 valence electrons. The van der Waals surface area contributed by atoms with E-state index in [1.807, 2.05) is 0 Å². The average Bonchev–Trinajstić information content (AvgIpc) is 2.85. The summed E-state index contributed by atoms with van der Waals surface area (Å²) in [6.07, 6.45) is 3.36. The van der Waals surface area contributed by atoms with Gasteiger partial charge in [0.25, 0.3) is 10.0 Å². The zero-order chi connectivity index (χ0) is 11.1. The van der Waals surface area contributed by atoms with Crippen molar-refractivity contribution in [3.63, 3.8) is 0 Å². The van der Waals surface area contributed by atoms with Gasteiger partial charge in [-0.3, -0.25) is 0 Å². The first-order valence-electron chi connectivity index (χ1n) is 4.32. The zero-order valence-electron chi connectivity index (χ0n) is 7.68. The van der Waals surface area contributed by atoms with E-state index in [4.69, 9.17) is 9.88 Å². The molecule has 15 heavy (non-hydrogen) atoms. The number of pyridine rings is 1. The van der Waals surface area contributed by atoms with Gasteiger partial charge in [0.1, 0.15) is 0 Å². The van der Waals surface area contributed by atoms with E-state index in [0.717, 1.165) is 12.8 Å². The highest BCUT2D eigenvalue weighted by molar-refractivity contribution is 9.10. The molecule has 5 nitrogen and oxygen atoms in total. The Hall–Kier alpha value is -0.660. The summed E-state index contributed by atoms with van der Waals surface area (Å²) in [7, 11) is -3.83. The van der Waals surface area contributed by atoms with E-state index in [9.17, 15) is 8.42 Å². The van der Waals surface area contributed by atoms with Gasteiger partial charge in [-0.15, -0.1) is 0 Å². The monoisotopic (exact) mass is 292 g/mol. The fourth-order valence-corrected chi connectivity index (χ4v) is 1.97. The van der Waals surface area contributed by atoms with Gasteiger partial charge in [-0.1, -0.05) is 0 Å². The van der Waals surface area contributed by atoms with Crippen LogP contribution in [0.25, 0.3) is 0 Å². The molecule has 0 atom stereocenters. The molecule has 1 heterocycles. The third-order valence-corrected chi connectivity index (χ3v) is 3.15. The summed E-state index contributed by atoms with van der Waals surface area (Å²) in [4.78, 5) is 3.75. The van der Waals surface area contributed by atoms with Crippen molar-refractivity contribution in [3.05, 3.63) is 16.7 Å². The number of sulfonamides is 1. The van der Waals surface area contributed by atoms with Gasteiger partial charge >= 0.3 is 0 Å². The van der Waals surface area contributed by atoms with Crippen LogP contribution in [0.5, 0.6) is 5.75 Å². The molecule has 7 heteroatoms. The van der Waals surface area contributed by atoms with Crippen molar-refractivity contribution in [2.45, 2.75) is 24.0 Å². The largest absolute Gasteiger partial charge is 0.487 e. The first-order valence-corrected chi connectivity index (χ1v) is 6.66. The lowest BCUT2D eigenvalue weighted by atomic mass is 10.4. The van der Waals surface area contributed by atoms with Crippen molar-refractivity contribution >= 4 is 26.0 Å². The van der Waals surface area contributed by atoms with E-state index in [-0.39, 0.29) is 16.9 Å². The Labute approximate surface area is 95.8 Å². The Morgan fingerprint density at radius 3 is 2.73 bits per heavy atom. The fourth-order valence-electron chi connectivity index (χ4n) is 1.07. The van der Waals surface area contributed by atoms with Crippen LogP contribution in [0, 0.1) is 0 Å². The number of rotatable bonds is 3. The van der Waals surface area contributed by atoms with Gasteiger partial charge in [0.15, 0.2) is 5.75 Å². The maximum Gasteiger partial charge on any atom is 0.259 e. The maximum atomic E-state index is 11.2. The Morgan fingerprint density at radius 1 is 1.53 bits per heavy atom. The Bertz CT molecular complexity index is 485. The molecule has 2 N–H and O–H groups in total. The second-order valence-corrected chi connectivity index (χ2v) is 5.71. The Balaban J connectivity index is 2.43. The number of primary sulfonamides is 1. The van der Waals surface area contributed by atoms with Crippen molar-refractivity contribution in [2.24, 2.45) is 5.14 Å². The van der Waals surface area contributed by atoms with Crippen LogP contribution in [0.1, 0.15) is 12.8 Å². The number of ether oxygens (including phenoxy) is 1. The highest BCUT2D eigenvalue weighted by Crippen LogP contribution is 2.31. The van der Waals surface area contributed by atoms with Crippen LogP contribution < -0.4 is 9.88 Å². The first kappa shape index (κ1) is 10.8. The third-order valence-electron chi connectivity index (χ3n) is 1.87. The number of nitrogens with two attached hydrogens (primary N) is 1. The van der Waals surface area contributed by atoms with Gasteiger partial charge in [-0.05, 0) is 34.8 Å². The number of hydrogen-bond donors (Lipinski definition) is 1. The second kappa shape index (κ2) is 3.73. The predicted octanol–water partition coefficient (Wildman–Crippen LogP) is 1.03. The summed E-state index contributed by atoms with van der Waals surface area (Å²) in [5.74, 6) is 0.217. The highest BCUT2D eigenvalue weighted by Gasteiger charge is 2.27. The molecule has 0 unspecified atom stereocenters. The average molecular weight is 293 g/mol. The van der Waals surface area contributed by atoms with Crippen LogP contribution in [0.15, 0.2) is 21.8 Å². The molecule has 1 aliphatic carbocycles. The molecule has 1 fully saturated rings. The van der Waals surface area contributed by atoms with Gasteiger partial charge in [0, 0.05) is 10.7 Å².